The molecule has 1 amide bonds. The van der Waals surface area contributed by atoms with Crippen molar-refractivity contribution in [3.63, 3.8) is 0 Å². The van der Waals surface area contributed by atoms with Crippen LogP contribution in [0.15, 0.2) is 59.7 Å². The number of rotatable bonds is 5. The second kappa shape index (κ2) is 7.65. The van der Waals surface area contributed by atoms with Crippen molar-refractivity contribution >= 4 is 5.91 Å². The van der Waals surface area contributed by atoms with Crippen molar-refractivity contribution in [3.8, 4) is 11.5 Å². The molecule has 3 aromatic rings. The molecule has 0 saturated heterocycles. The van der Waals surface area contributed by atoms with Crippen LogP contribution in [0.4, 0.5) is 0 Å². The Kier molecular flexibility index (Phi) is 5.12. The third-order valence-corrected chi connectivity index (χ3v) is 3.91. The minimum absolute atomic E-state index is 0.140. The molecule has 1 aromatic carbocycles. The van der Waals surface area contributed by atoms with Crippen LogP contribution in [0.1, 0.15) is 27.2 Å². The van der Waals surface area contributed by atoms with Gasteiger partial charge in [-0.15, -0.1) is 0 Å². The summed E-state index contributed by atoms with van der Waals surface area (Å²) in [6, 6.07) is 12.3. The Morgan fingerprint density at radius 3 is 2.73 bits per heavy atom. The van der Waals surface area contributed by atoms with Crippen LogP contribution in [0, 0.1) is 13.8 Å². The van der Waals surface area contributed by atoms with Gasteiger partial charge in [-0.3, -0.25) is 14.6 Å². The number of aromatic amines is 1. The zero-order chi connectivity index (χ0) is 18.5. The summed E-state index contributed by atoms with van der Waals surface area (Å²) in [5.74, 6) is 0.648. The van der Waals surface area contributed by atoms with E-state index in [0.717, 1.165) is 11.3 Å². The number of hydrogen-bond acceptors (Lipinski definition) is 4. The molecule has 2 heterocycles. The van der Waals surface area contributed by atoms with E-state index in [2.05, 4.69) is 15.3 Å². The molecule has 6 heteroatoms. The number of nitrogens with one attached hydrogen (secondary N) is 2. The van der Waals surface area contributed by atoms with Crippen molar-refractivity contribution in [2.24, 2.45) is 0 Å². The van der Waals surface area contributed by atoms with Crippen molar-refractivity contribution in [1.82, 2.24) is 15.3 Å². The second-order valence-electron chi connectivity index (χ2n) is 5.91. The first-order valence-corrected chi connectivity index (χ1v) is 8.19. The number of nitrogens with zero attached hydrogens (tertiary/aromatic N) is 1. The summed E-state index contributed by atoms with van der Waals surface area (Å²) >= 11 is 0. The zero-order valence-electron chi connectivity index (χ0n) is 14.6. The highest BCUT2D eigenvalue weighted by atomic mass is 16.5. The molecule has 0 aliphatic rings. The van der Waals surface area contributed by atoms with E-state index < -0.39 is 0 Å². The number of amides is 1. The zero-order valence-corrected chi connectivity index (χ0v) is 14.6. The van der Waals surface area contributed by atoms with Crippen LogP contribution in [0.5, 0.6) is 11.5 Å². The van der Waals surface area contributed by atoms with Crippen molar-refractivity contribution in [2.75, 3.05) is 0 Å². The van der Waals surface area contributed by atoms with Crippen molar-refractivity contribution in [1.29, 1.82) is 0 Å². The molecular formula is C20H19N3O3. The van der Waals surface area contributed by atoms with E-state index >= 15 is 0 Å². The lowest BCUT2D eigenvalue weighted by Crippen LogP contribution is -2.28. The molecular weight excluding hydrogens is 330 g/mol. The fraction of sp³-hybridized carbons (Fsp3) is 0.150. The lowest BCUT2D eigenvalue weighted by atomic mass is 10.1. The number of ether oxygens (including phenoxy) is 1. The van der Waals surface area contributed by atoms with E-state index in [4.69, 9.17) is 4.74 Å². The van der Waals surface area contributed by atoms with Gasteiger partial charge in [-0.25, -0.2) is 0 Å². The van der Waals surface area contributed by atoms with Crippen LogP contribution in [0.25, 0.3) is 0 Å². The Balaban J connectivity index is 1.78. The lowest BCUT2D eigenvalue weighted by Gasteiger charge is -2.12. The Bertz CT molecular complexity index is 981. The maximum Gasteiger partial charge on any atom is 0.255 e. The molecule has 0 saturated carbocycles. The molecule has 0 unspecified atom stereocenters. The second-order valence-corrected chi connectivity index (χ2v) is 5.91. The highest BCUT2D eigenvalue weighted by molar-refractivity contribution is 5.97. The minimum Gasteiger partial charge on any atom is -0.455 e. The van der Waals surface area contributed by atoms with Gasteiger partial charge in [-0.05, 0) is 49.7 Å². The van der Waals surface area contributed by atoms with E-state index in [9.17, 15) is 9.59 Å². The predicted molar refractivity (Wildman–Crippen MR) is 98.5 cm³/mol. The summed E-state index contributed by atoms with van der Waals surface area (Å²) in [4.78, 5) is 31.4. The number of pyridine rings is 2. The van der Waals surface area contributed by atoms with Crippen LogP contribution < -0.4 is 15.6 Å². The SMILES string of the molecule is Cc1cc(C)c(CNC(=O)c2ccccc2Oc2cccnc2)c(=O)[nH]1. The van der Waals surface area contributed by atoms with Crippen LogP contribution in [-0.2, 0) is 6.54 Å². The van der Waals surface area contributed by atoms with E-state index in [0.29, 0.717) is 22.6 Å². The van der Waals surface area contributed by atoms with E-state index in [1.54, 1.807) is 48.8 Å². The number of aromatic nitrogens is 2. The molecule has 26 heavy (non-hydrogen) atoms. The number of H-pyrrole nitrogens is 1. The monoisotopic (exact) mass is 349 g/mol. The quantitative estimate of drug-likeness (QED) is 0.741. The smallest absolute Gasteiger partial charge is 0.255 e. The van der Waals surface area contributed by atoms with Gasteiger partial charge < -0.3 is 15.0 Å². The number of para-hydroxylation sites is 1. The van der Waals surface area contributed by atoms with Crippen LogP contribution in [0.2, 0.25) is 0 Å². The molecule has 2 N–H and O–H groups in total. The minimum atomic E-state index is -0.316. The number of hydrogen-bond donors (Lipinski definition) is 2. The fourth-order valence-electron chi connectivity index (χ4n) is 2.64. The van der Waals surface area contributed by atoms with Gasteiger partial charge in [0.1, 0.15) is 11.5 Å². The van der Waals surface area contributed by atoms with Gasteiger partial charge >= 0.3 is 0 Å². The normalized spacial score (nSPS) is 10.4. The number of aryl methyl sites for hydroxylation is 2. The van der Waals surface area contributed by atoms with Crippen molar-refractivity contribution < 1.29 is 9.53 Å². The van der Waals surface area contributed by atoms with Gasteiger partial charge in [-0.1, -0.05) is 12.1 Å². The summed E-state index contributed by atoms with van der Waals surface area (Å²) in [5, 5.41) is 2.79. The first-order chi connectivity index (χ1) is 12.5. The molecule has 0 aliphatic carbocycles. The third-order valence-electron chi connectivity index (χ3n) is 3.91. The molecule has 6 nitrogen and oxygen atoms in total. The van der Waals surface area contributed by atoms with Gasteiger partial charge in [0.2, 0.25) is 0 Å². The maximum atomic E-state index is 12.6. The average Bonchev–Trinajstić information content (AvgIpc) is 2.62. The molecule has 2 aromatic heterocycles. The first-order valence-electron chi connectivity index (χ1n) is 8.19. The number of benzene rings is 1. The van der Waals surface area contributed by atoms with E-state index in [-0.39, 0.29) is 18.0 Å². The lowest BCUT2D eigenvalue weighted by molar-refractivity contribution is 0.0948. The van der Waals surface area contributed by atoms with E-state index in [1.165, 1.54) is 0 Å². The molecule has 132 valence electrons. The molecule has 0 atom stereocenters. The standard InChI is InChI=1S/C20H19N3O3/c1-13-10-14(2)23-20(25)17(13)12-22-19(24)16-7-3-4-8-18(16)26-15-6-5-9-21-11-15/h3-11H,12H2,1-2H3,(H,22,24)(H,23,25). The summed E-state index contributed by atoms with van der Waals surface area (Å²) in [6.45, 7) is 3.81. The summed E-state index contributed by atoms with van der Waals surface area (Å²) in [5.41, 5.74) is 2.36. The molecule has 0 fully saturated rings. The van der Waals surface area contributed by atoms with Gasteiger partial charge in [0.15, 0.2) is 0 Å². The Labute approximate surface area is 150 Å². The first kappa shape index (κ1) is 17.4. The van der Waals surface area contributed by atoms with Crippen LogP contribution >= 0.6 is 0 Å². The predicted octanol–water partition coefficient (Wildman–Crippen LogP) is 3.11. The number of carbonyl (C=O) groups is 1. The van der Waals surface area contributed by atoms with E-state index in [1.807, 2.05) is 19.9 Å². The Hall–Kier alpha value is -3.41. The summed E-state index contributed by atoms with van der Waals surface area (Å²) < 4.78 is 5.75. The highest BCUT2D eigenvalue weighted by Crippen LogP contribution is 2.24. The largest absolute Gasteiger partial charge is 0.455 e. The molecule has 0 radical (unpaired) electrons. The van der Waals surface area contributed by atoms with Crippen molar-refractivity contribution in [3.05, 3.63) is 87.6 Å². The highest BCUT2D eigenvalue weighted by Gasteiger charge is 2.14. The Morgan fingerprint density at radius 2 is 2.00 bits per heavy atom. The summed E-state index contributed by atoms with van der Waals surface area (Å²) in [7, 11) is 0. The number of carbonyl (C=O) groups excluding carboxylic acids is 1. The average molecular weight is 349 g/mol. The van der Waals surface area contributed by atoms with Gasteiger partial charge in [0.25, 0.3) is 11.5 Å². The topological polar surface area (TPSA) is 84.1 Å². The summed E-state index contributed by atoms with van der Waals surface area (Å²) in [6.07, 6.45) is 3.22. The van der Waals surface area contributed by atoms with Crippen molar-refractivity contribution in [2.45, 2.75) is 20.4 Å². The molecule has 0 spiro atoms. The van der Waals surface area contributed by atoms with Gasteiger partial charge in [-0.2, -0.15) is 0 Å². The molecule has 3 rings (SSSR count). The van der Waals surface area contributed by atoms with Crippen LogP contribution in [0.3, 0.4) is 0 Å². The fourth-order valence-corrected chi connectivity index (χ4v) is 2.64. The molecule has 0 bridgehead atoms. The molecule has 0 aliphatic heterocycles. The van der Waals surface area contributed by atoms with Gasteiger partial charge in [0, 0.05) is 24.0 Å². The van der Waals surface area contributed by atoms with Crippen LogP contribution in [-0.4, -0.2) is 15.9 Å². The van der Waals surface area contributed by atoms with Gasteiger partial charge in [0.05, 0.1) is 11.8 Å². The third kappa shape index (κ3) is 3.97. The maximum absolute atomic E-state index is 12.6. The Morgan fingerprint density at radius 1 is 1.19 bits per heavy atom.